The molecule has 1 atom stereocenters. The van der Waals surface area contributed by atoms with E-state index in [9.17, 15) is 4.79 Å². The van der Waals surface area contributed by atoms with Crippen molar-refractivity contribution >= 4 is 18.3 Å². The van der Waals surface area contributed by atoms with Crippen LogP contribution in [-0.2, 0) is 9.53 Å². The Kier molecular flexibility index (Phi) is 6.97. The van der Waals surface area contributed by atoms with Crippen LogP contribution in [0.1, 0.15) is 44.9 Å². The molecule has 2 fully saturated rings. The monoisotopic (exact) mass is 276 g/mol. The van der Waals surface area contributed by atoms with Crippen LogP contribution in [0.4, 0.5) is 0 Å². The van der Waals surface area contributed by atoms with Gasteiger partial charge in [-0.3, -0.25) is 4.79 Å². The normalized spacial score (nSPS) is 22.1. The van der Waals surface area contributed by atoms with E-state index in [1.165, 1.54) is 32.1 Å². The maximum atomic E-state index is 11.5. The van der Waals surface area contributed by atoms with E-state index in [4.69, 9.17) is 10.5 Å². The quantitative estimate of drug-likeness (QED) is 0.775. The van der Waals surface area contributed by atoms with Crippen molar-refractivity contribution in [1.29, 1.82) is 0 Å². The third-order valence-electron chi connectivity index (χ3n) is 3.76. The summed E-state index contributed by atoms with van der Waals surface area (Å²) in [6, 6.07) is 0.133. The van der Waals surface area contributed by atoms with Gasteiger partial charge >= 0.3 is 0 Å². The van der Waals surface area contributed by atoms with Gasteiger partial charge in [0, 0.05) is 12.6 Å². The van der Waals surface area contributed by atoms with E-state index in [0.717, 1.165) is 12.8 Å². The van der Waals surface area contributed by atoms with Crippen LogP contribution in [0.2, 0.25) is 0 Å². The minimum Gasteiger partial charge on any atom is -0.368 e. The Bertz CT molecular complexity index is 253. The predicted octanol–water partition coefficient (Wildman–Crippen LogP) is 1.61. The highest BCUT2D eigenvalue weighted by Crippen LogP contribution is 2.31. The van der Waals surface area contributed by atoms with Gasteiger partial charge in [0.05, 0.1) is 6.10 Å². The summed E-state index contributed by atoms with van der Waals surface area (Å²) < 4.78 is 5.60. The molecule has 106 valence electrons. The van der Waals surface area contributed by atoms with Crippen LogP contribution in [0.3, 0.4) is 0 Å². The molecule has 2 aliphatic carbocycles. The molecule has 2 rings (SSSR count). The van der Waals surface area contributed by atoms with Crippen LogP contribution in [0.15, 0.2) is 0 Å². The number of carbonyl (C=O) groups excluding carboxylic acids is 1. The average molecular weight is 277 g/mol. The minimum atomic E-state index is -0.0216. The van der Waals surface area contributed by atoms with Crippen molar-refractivity contribution in [2.45, 2.75) is 57.1 Å². The number of carbonyl (C=O) groups is 1. The summed E-state index contributed by atoms with van der Waals surface area (Å²) >= 11 is 0. The third kappa shape index (κ3) is 5.55. The van der Waals surface area contributed by atoms with E-state index in [-0.39, 0.29) is 31.0 Å². The van der Waals surface area contributed by atoms with Crippen LogP contribution >= 0.6 is 12.4 Å². The summed E-state index contributed by atoms with van der Waals surface area (Å²) in [5.74, 6) is 0.612. The molecule has 0 saturated heterocycles. The zero-order chi connectivity index (χ0) is 12.1. The van der Waals surface area contributed by atoms with Gasteiger partial charge < -0.3 is 15.8 Å². The molecule has 0 radical (unpaired) electrons. The zero-order valence-corrected chi connectivity index (χ0v) is 11.7. The minimum absolute atomic E-state index is 0. The highest BCUT2D eigenvalue weighted by molar-refractivity contribution is 5.85. The first-order valence-corrected chi connectivity index (χ1v) is 6.89. The highest BCUT2D eigenvalue weighted by Gasteiger charge is 2.28. The molecular formula is C13H25ClN2O2. The molecular weight excluding hydrogens is 252 g/mol. The van der Waals surface area contributed by atoms with E-state index < -0.39 is 0 Å². The molecule has 2 saturated carbocycles. The molecule has 0 aliphatic heterocycles. The molecule has 1 amide bonds. The fourth-order valence-electron chi connectivity index (χ4n) is 2.40. The first kappa shape index (κ1) is 15.7. The zero-order valence-electron chi connectivity index (χ0n) is 10.9. The molecule has 3 N–H and O–H groups in total. The van der Waals surface area contributed by atoms with Crippen LogP contribution in [-0.4, -0.2) is 31.2 Å². The maximum absolute atomic E-state index is 11.5. The van der Waals surface area contributed by atoms with Crippen molar-refractivity contribution < 1.29 is 9.53 Å². The molecule has 2 aliphatic rings. The van der Waals surface area contributed by atoms with Crippen LogP contribution in [0, 0.1) is 5.92 Å². The van der Waals surface area contributed by atoms with E-state index in [1.54, 1.807) is 0 Å². The first-order chi connectivity index (χ1) is 8.25. The van der Waals surface area contributed by atoms with Crippen LogP contribution in [0.5, 0.6) is 0 Å². The lowest BCUT2D eigenvalue weighted by Gasteiger charge is -2.21. The Morgan fingerprint density at radius 3 is 2.50 bits per heavy atom. The Hall–Kier alpha value is -0.320. The topological polar surface area (TPSA) is 64.3 Å². The predicted molar refractivity (Wildman–Crippen MR) is 73.8 cm³/mol. The molecule has 0 bridgehead atoms. The lowest BCUT2D eigenvalue weighted by Crippen LogP contribution is -2.40. The molecule has 0 aromatic rings. The summed E-state index contributed by atoms with van der Waals surface area (Å²) in [6.07, 6.45) is 8.72. The van der Waals surface area contributed by atoms with Crippen molar-refractivity contribution in [3.8, 4) is 0 Å². The SMILES string of the molecule is Cl.NC(CNC(=O)COC1CCCCC1)C1CC1. The average Bonchev–Trinajstić information content (AvgIpc) is 3.19. The second-order valence-corrected chi connectivity index (χ2v) is 5.38. The van der Waals surface area contributed by atoms with Gasteiger partial charge in [-0.1, -0.05) is 19.3 Å². The molecule has 1 unspecified atom stereocenters. The summed E-state index contributed by atoms with van der Waals surface area (Å²) in [5, 5.41) is 2.85. The van der Waals surface area contributed by atoms with Gasteiger partial charge in [0.2, 0.25) is 5.91 Å². The fraction of sp³-hybridized carbons (Fsp3) is 0.923. The van der Waals surface area contributed by atoms with Crippen LogP contribution in [0.25, 0.3) is 0 Å². The van der Waals surface area contributed by atoms with Gasteiger partial charge in [-0.2, -0.15) is 0 Å². The van der Waals surface area contributed by atoms with Crippen molar-refractivity contribution in [3.63, 3.8) is 0 Å². The number of hydrogen-bond acceptors (Lipinski definition) is 3. The summed E-state index contributed by atoms with van der Waals surface area (Å²) in [4.78, 5) is 11.5. The number of amides is 1. The fourth-order valence-corrected chi connectivity index (χ4v) is 2.40. The highest BCUT2D eigenvalue weighted by atomic mass is 35.5. The van der Waals surface area contributed by atoms with Crippen molar-refractivity contribution in [2.75, 3.05) is 13.2 Å². The number of rotatable bonds is 6. The van der Waals surface area contributed by atoms with E-state index in [2.05, 4.69) is 5.32 Å². The van der Waals surface area contributed by atoms with E-state index in [1.807, 2.05) is 0 Å². The van der Waals surface area contributed by atoms with Crippen molar-refractivity contribution in [3.05, 3.63) is 0 Å². The Balaban J connectivity index is 0.00000162. The Morgan fingerprint density at radius 1 is 1.22 bits per heavy atom. The number of nitrogens with two attached hydrogens (primary N) is 1. The largest absolute Gasteiger partial charge is 0.368 e. The molecule has 18 heavy (non-hydrogen) atoms. The molecule has 0 heterocycles. The van der Waals surface area contributed by atoms with Crippen molar-refractivity contribution in [2.24, 2.45) is 11.7 Å². The number of halogens is 1. The molecule has 0 aromatic heterocycles. The first-order valence-electron chi connectivity index (χ1n) is 6.89. The van der Waals surface area contributed by atoms with Gasteiger partial charge in [0.15, 0.2) is 0 Å². The Morgan fingerprint density at radius 2 is 1.89 bits per heavy atom. The number of hydrogen-bond donors (Lipinski definition) is 2. The van der Waals surface area contributed by atoms with Crippen LogP contribution < -0.4 is 11.1 Å². The number of ether oxygens (including phenoxy) is 1. The summed E-state index contributed by atoms with van der Waals surface area (Å²) in [6.45, 7) is 0.791. The second kappa shape index (κ2) is 7.97. The molecule has 0 aromatic carbocycles. The smallest absolute Gasteiger partial charge is 0.246 e. The summed E-state index contributed by atoms with van der Waals surface area (Å²) in [7, 11) is 0. The van der Waals surface area contributed by atoms with Gasteiger partial charge in [-0.15, -0.1) is 12.4 Å². The van der Waals surface area contributed by atoms with E-state index in [0.29, 0.717) is 18.6 Å². The lowest BCUT2D eigenvalue weighted by atomic mass is 9.98. The van der Waals surface area contributed by atoms with Gasteiger partial charge in [-0.25, -0.2) is 0 Å². The maximum Gasteiger partial charge on any atom is 0.246 e. The molecule has 4 nitrogen and oxygen atoms in total. The van der Waals surface area contributed by atoms with E-state index >= 15 is 0 Å². The molecule has 5 heteroatoms. The summed E-state index contributed by atoms with van der Waals surface area (Å²) in [5.41, 5.74) is 5.91. The molecule has 0 spiro atoms. The second-order valence-electron chi connectivity index (χ2n) is 5.38. The lowest BCUT2D eigenvalue weighted by molar-refractivity contribution is -0.128. The standard InChI is InChI=1S/C13H24N2O2.ClH/c14-12(10-6-7-10)8-15-13(16)9-17-11-4-2-1-3-5-11;/h10-12H,1-9,14H2,(H,15,16);1H. The van der Waals surface area contributed by atoms with Gasteiger partial charge in [-0.05, 0) is 31.6 Å². The van der Waals surface area contributed by atoms with Crippen molar-refractivity contribution in [1.82, 2.24) is 5.32 Å². The Labute approximate surface area is 115 Å². The van der Waals surface area contributed by atoms with Gasteiger partial charge in [0.25, 0.3) is 0 Å². The number of nitrogens with one attached hydrogen (secondary N) is 1. The third-order valence-corrected chi connectivity index (χ3v) is 3.76. The van der Waals surface area contributed by atoms with Gasteiger partial charge in [0.1, 0.15) is 6.61 Å².